The van der Waals surface area contributed by atoms with Gasteiger partial charge in [0.25, 0.3) is 0 Å². The normalized spacial score (nSPS) is 28.1. The van der Waals surface area contributed by atoms with E-state index in [1.165, 1.54) is 0 Å². The highest BCUT2D eigenvalue weighted by Crippen LogP contribution is 2.65. The Morgan fingerprint density at radius 3 is 2.54 bits per heavy atom. The first-order valence-electron chi connectivity index (χ1n) is 9.18. The van der Waals surface area contributed by atoms with Crippen LogP contribution in [-0.4, -0.2) is 21.3 Å². The molecule has 0 radical (unpaired) electrons. The number of allylic oxidation sites excluding steroid dienone is 2. The number of fused-ring (bicyclic) bond motifs is 2. The lowest BCUT2D eigenvalue weighted by molar-refractivity contribution is -0.125. The highest BCUT2D eigenvalue weighted by molar-refractivity contribution is 6.13. The van der Waals surface area contributed by atoms with Gasteiger partial charge in [-0.2, -0.15) is 5.10 Å². The Balaban J connectivity index is 1.69. The Kier molecular flexibility index (Phi) is 3.59. The minimum absolute atomic E-state index is 0.0839. The van der Waals surface area contributed by atoms with Crippen molar-refractivity contribution in [1.29, 1.82) is 0 Å². The third-order valence-corrected chi connectivity index (χ3v) is 6.93. The van der Waals surface area contributed by atoms with Gasteiger partial charge in [-0.3, -0.25) is 9.59 Å². The van der Waals surface area contributed by atoms with E-state index in [1.807, 2.05) is 37.3 Å². The molecule has 0 saturated heterocycles. The summed E-state index contributed by atoms with van der Waals surface area (Å²) in [6, 6.07) is 9.74. The number of Topliss-reactive ketones (excluding diaryl/α,β-unsaturated/α-hetero) is 1. The molecule has 1 aromatic carbocycles. The molecule has 134 valence electrons. The zero-order chi connectivity index (χ0) is 18.7. The van der Waals surface area contributed by atoms with Crippen LogP contribution in [0.2, 0.25) is 0 Å². The van der Waals surface area contributed by atoms with Crippen LogP contribution in [0.15, 0.2) is 48.2 Å². The Labute approximate surface area is 153 Å². The molecule has 2 aromatic rings. The summed E-state index contributed by atoms with van der Waals surface area (Å²) in [5, 5.41) is 4.37. The van der Waals surface area contributed by atoms with Crippen LogP contribution < -0.4 is 0 Å². The molecule has 1 aromatic heterocycles. The number of carbonyl (C=O) groups excluding carboxylic acids is 2. The molecule has 4 rings (SSSR count). The average Bonchev–Trinajstić information content (AvgIpc) is 3.15. The molecule has 26 heavy (non-hydrogen) atoms. The molecule has 4 heteroatoms. The highest BCUT2D eigenvalue weighted by Gasteiger charge is 2.64. The first kappa shape index (κ1) is 17.0. The molecule has 2 fully saturated rings. The predicted octanol–water partition coefficient (Wildman–Crippen LogP) is 4.32. The number of rotatable bonds is 3. The minimum Gasteiger partial charge on any atom is -0.294 e. The van der Waals surface area contributed by atoms with Gasteiger partial charge >= 0.3 is 0 Å². The van der Waals surface area contributed by atoms with Gasteiger partial charge in [-0.15, -0.1) is 0 Å². The number of aromatic nitrogens is 2. The molecule has 4 nitrogen and oxygen atoms in total. The number of para-hydroxylation sites is 1. The van der Waals surface area contributed by atoms with Gasteiger partial charge in [0.2, 0.25) is 0 Å². The van der Waals surface area contributed by atoms with E-state index in [4.69, 9.17) is 0 Å². The van der Waals surface area contributed by atoms with Crippen molar-refractivity contribution in [3.63, 3.8) is 0 Å². The monoisotopic (exact) mass is 348 g/mol. The van der Waals surface area contributed by atoms with Gasteiger partial charge in [0, 0.05) is 11.0 Å². The summed E-state index contributed by atoms with van der Waals surface area (Å²) in [7, 11) is 0. The van der Waals surface area contributed by atoms with Gasteiger partial charge in [-0.1, -0.05) is 39.0 Å². The van der Waals surface area contributed by atoms with Gasteiger partial charge in [0.15, 0.2) is 11.6 Å². The number of benzene rings is 1. The molecule has 0 amide bonds. The summed E-state index contributed by atoms with van der Waals surface area (Å²) in [6.07, 6.45) is 5.08. The SMILES string of the molecule is Cc1c(C(=O)/C=C2/C(=O)C3(C)CCC2C3(C)C)cnn1-c1ccccc1. The van der Waals surface area contributed by atoms with Crippen LogP contribution in [0.1, 0.15) is 49.7 Å². The Morgan fingerprint density at radius 1 is 1.23 bits per heavy atom. The average molecular weight is 348 g/mol. The second kappa shape index (κ2) is 5.50. The van der Waals surface area contributed by atoms with Gasteiger partial charge in [-0.25, -0.2) is 4.68 Å². The molecular formula is C22H24N2O2. The molecule has 0 spiro atoms. The summed E-state index contributed by atoms with van der Waals surface area (Å²) in [5.41, 5.74) is 2.55. The molecule has 2 atom stereocenters. The van der Waals surface area contributed by atoms with E-state index in [2.05, 4.69) is 25.9 Å². The molecule has 2 saturated carbocycles. The van der Waals surface area contributed by atoms with Crippen LogP contribution >= 0.6 is 0 Å². The highest BCUT2D eigenvalue weighted by atomic mass is 16.1. The number of nitrogens with zero attached hydrogens (tertiary/aromatic N) is 2. The maximum Gasteiger partial charge on any atom is 0.189 e. The fourth-order valence-electron chi connectivity index (χ4n) is 4.79. The molecule has 2 bridgehead atoms. The fraction of sp³-hybridized carbons (Fsp3) is 0.409. The lowest BCUT2D eigenvalue weighted by Gasteiger charge is -2.31. The zero-order valence-corrected chi connectivity index (χ0v) is 15.7. The maximum atomic E-state index is 12.9. The van der Waals surface area contributed by atoms with E-state index < -0.39 is 0 Å². The van der Waals surface area contributed by atoms with Crippen LogP contribution in [0, 0.1) is 23.7 Å². The van der Waals surface area contributed by atoms with Gasteiger partial charge in [0.1, 0.15) is 0 Å². The lowest BCUT2D eigenvalue weighted by Crippen LogP contribution is -2.32. The van der Waals surface area contributed by atoms with E-state index in [0.29, 0.717) is 11.1 Å². The lowest BCUT2D eigenvalue weighted by atomic mass is 9.70. The quantitative estimate of drug-likeness (QED) is 0.613. The van der Waals surface area contributed by atoms with Crippen molar-refractivity contribution in [2.45, 2.75) is 40.5 Å². The molecule has 1 heterocycles. The van der Waals surface area contributed by atoms with E-state index in [0.717, 1.165) is 24.2 Å². The van der Waals surface area contributed by atoms with Crippen molar-refractivity contribution in [3.05, 3.63) is 59.4 Å². The number of hydrogen-bond acceptors (Lipinski definition) is 3. The third kappa shape index (κ3) is 2.11. The summed E-state index contributed by atoms with van der Waals surface area (Å²) in [4.78, 5) is 25.9. The number of carbonyl (C=O) groups is 2. The molecule has 0 N–H and O–H groups in total. The largest absolute Gasteiger partial charge is 0.294 e. The second-order valence-electron chi connectivity index (χ2n) is 8.33. The molecule has 0 aliphatic heterocycles. The van der Waals surface area contributed by atoms with Gasteiger partial charge in [0.05, 0.1) is 23.1 Å². The van der Waals surface area contributed by atoms with Crippen molar-refractivity contribution < 1.29 is 9.59 Å². The molecule has 2 aliphatic rings. The van der Waals surface area contributed by atoms with Crippen LogP contribution in [0.3, 0.4) is 0 Å². The van der Waals surface area contributed by atoms with Crippen LogP contribution in [0.5, 0.6) is 0 Å². The standard InChI is InChI=1S/C22H24N2O2/c1-14-17(13-23-24(14)15-8-6-5-7-9-15)19(25)12-16-18-10-11-22(4,20(16)26)21(18,2)3/h5-9,12-13,18H,10-11H2,1-4H3/b16-12+. The zero-order valence-electron chi connectivity index (χ0n) is 15.7. The van der Waals surface area contributed by atoms with E-state index in [9.17, 15) is 9.59 Å². The number of hydrogen-bond donors (Lipinski definition) is 0. The Hall–Kier alpha value is -2.49. The van der Waals surface area contributed by atoms with Crippen molar-refractivity contribution >= 4 is 11.6 Å². The molecule has 2 unspecified atom stereocenters. The minimum atomic E-state index is -0.340. The van der Waals surface area contributed by atoms with Crippen molar-refractivity contribution in [1.82, 2.24) is 9.78 Å². The summed E-state index contributed by atoms with van der Waals surface area (Å²) in [5.74, 6) is 0.202. The summed E-state index contributed by atoms with van der Waals surface area (Å²) < 4.78 is 1.76. The molecule has 2 aliphatic carbocycles. The fourth-order valence-corrected chi connectivity index (χ4v) is 4.79. The Morgan fingerprint density at radius 2 is 1.92 bits per heavy atom. The van der Waals surface area contributed by atoms with Crippen molar-refractivity contribution in [2.75, 3.05) is 0 Å². The smallest absolute Gasteiger partial charge is 0.189 e. The van der Waals surface area contributed by atoms with Crippen LogP contribution in [0.4, 0.5) is 0 Å². The van der Waals surface area contributed by atoms with E-state index in [-0.39, 0.29) is 28.3 Å². The van der Waals surface area contributed by atoms with Crippen molar-refractivity contribution in [3.8, 4) is 5.69 Å². The second-order valence-corrected chi connectivity index (χ2v) is 8.33. The van der Waals surface area contributed by atoms with Crippen LogP contribution in [-0.2, 0) is 4.79 Å². The first-order chi connectivity index (χ1) is 12.3. The van der Waals surface area contributed by atoms with Crippen molar-refractivity contribution in [2.24, 2.45) is 16.7 Å². The summed E-state index contributed by atoms with van der Waals surface area (Å²) >= 11 is 0. The van der Waals surface area contributed by atoms with Gasteiger partial charge in [-0.05, 0) is 49.3 Å². The van der Waals surface area contributed by atoms with Gasteiger partial charge < -0.3 is 0 Å². The maximum absolute atomic E-state index is 12.9. The number of ketones is 2. The van der Waals surface area contributed by atoms with E-state index in [1.54, 1.807) is 17.0 Å². The van der Waals surface area contributed by atoms with Crippen LogP contribution in [0.25, 0.3) is 5.69 Å². The summed E-state index contributed by atoms with van der Waals surface area (Å²) in [6.45, 7) is 8.26. The Bertz CT molecular complexity index is 936. The first-order valence-corrected chi connectivity index (χ1v) is 9.18. The topological polar surface area (TPSA) is 52.0 Å². The predicted molar refractivity (Wildman–Crippen MR) is 100 cm³/mol. The molecular weight excluding hydrogens is 324 g/mol. The third-order valence-electron chi connectivity index (χ3n) is 6.93. The van der Waals surface area contributed by atoms with E-state index >= 15 is 0 Å².